The lowest BCUT2D eigenvalue weighted by molar-refractivity contribution is -0.261. The number of halogens is 1. The Bertz CT molecular complexity index is 402. The molecular weight excluding hydrogens is 300 g/mol. The van der Waals surface area contributed by atoms with Crippen LogP contribution < -0.4 is 0 Å². The van der Waals surface area contributed by atoms with Gasteiger partial charge in [0.15, 0.2) is 5.79 Å². The second kappa shape index (κ2) is 5.69. The Balaban J connectivity index is 1.91. The highest BCUT2D eigenvalue weighted by molar-refractivity contribution is 9.10. The van der Waals surface area contributed by atoms with Crippen LogP contribution in [0.5, 0.6) is 0 Å². The molecule has 0 saturated carbocycles. The summed E-state index contributed by atoms with van der Waals surface area (Å²) in [7, 11) is 0. The van der Waals surface area contributed by atoms with E-state index in [4.69, 9.17) is 9.47 Å². The first-order valence-corrected chi connectivity index (χ1v) is 6.97. The zero-order valence-corrected chi connectivity index (χ0v) is 12.3. The number of nitrogens with zero attached hydrogens (tertiary/aromatic N) is 1. The lowest BCUT2D eigenvalue weighted by Gasteiger charge is -2.34. The lowest BCUT2D eigenvalue weighted by atomic mass is 10.1. The summed E-state index contributed by atoms with van der Waals surface area (Å²) in [5.41, 5.74) is 1.56. The van der Waals surface area contributed by atoms with Crippen LogP contribution in [0.4, 0.5) is 0 Å². The van der Waals surface area contributed by atoms with Crippen molar-refractivity contribution >= 4 is 15.9 Å². The Kier molecular flexibility index (Phi) is 4.42. The van der Waals surface area contributed by atoms with Gasteiger partial charge in [-0.3, -0.25) is 5.10 Å². The predicted molar refractivity (Wildman–Crippen MR) is 70.1 cm³/mol. The van der Waals surface area contributed by atoms with Crippen molar-refractivity contribution in [1.82, 2.24) is 10.2 Å². The molecule has 0 radical (unpaired) electrons. The van der Waals surface area contributed by atoms with E-state index in [9.17, 15) is 5.11 Å². The minimum absolute atomic E-state index is 0.555. The molecule has 1 saturated heterocycles. The number of hydrogen-bond donors (Lipinski definition) is 2. The highest BCUT2D eigenvalue weighted by atomic mass is 79.9. The molecule has 5 nitrogen and oxygen atoms in total. The first-order chi connectivity index (χ1) is 8.52. The first kappa shape index (κ1) is 14.0. The predicted octanol–water partition coefficient (Wildman–Crippen LogP) is 2.45. The molecule has 2 rings (SSSR count). The largest absolute Gasteiger partial charge is 0.387 e. The SMILES string of the molecule is Cc1[nH]nc([C@H](O)CCC2(C)OCCCO2)c1Br. The van der Waals surface area contributed by atoms with Crippen molar-refractivity contribution in [3.8, 4) is 0 Å². The Hall–Kier alpha value is -0.430. The molecule has 0 aliphatic carbocycles. The number of H-pyrrole nitrogens is 1. The third-order valence-corrected chi connectivity index (χ3v) is 4.19. The molecule has 0 amide bonds. The number of aromatic amines is 1. The summed E-state index contributed by atoms with van der Waals surface area (Å²) >= 11 is 3.41. The maximum atomic E-state index is 10.1. The molecule has 1 atom stereocenters. The van der Waals surface area contributed by atoms with Crippen LogP contribution in [0.3, 0.4) is 0 Å². The van der Waals surface area contributed by atoms with Crippen LogP contribution in [0, 0.1) is 6.92 Å². The van der Waals surface area contributed by atoms with Gasteiger partial charge in [-0.25, -0.2) is 0 Å². The van der Waals surface area contributed by atoms with Gasteiger partial charge in [0.2, 0.25) is 0 Å². The van der Waals surface area contributed by atoms with Crippen LogP contribution in [0.2, 0.25) is 0 Å². The van der Waals surface area contributed by atoms with Crippen LogP contribution in [-0.4, -0.2) is 34.3 Å². The summed E-state index contributed by atoms with van der Waals surface area (Å²) in [6, 6.07) is 0. The average Bonchev–Trinajstić information content (AvgIpc) is 2.68. The molecule has 1 aromatic rings. The van der Waals surface area contributed by atoms with Gasteiger partial charge < -0.3 is 14.6 Å². The van der Waals surface area contributed by atoms with Crippen molar-refractivity contribution in [2.75, 3.05) is 13.2 Å². The third kappa shape index (κ3) is 3.12. The van der Waals surface area contributed by atoms with E-state index in [0.717, 1.165) is 29.8 Å². The van der Waals surface area contributed by atoms with Gasteiger partial charge in [-0.05, 0) is 42.6 Å². The van der Waals surface area contributed by atoms with E-state index in [2.05, 4.69) is 26.1 Å². The fourth-order valence-corrected chi connectivity index (χ4v) is 2.45. The van der Waals surface area contributed by atoms with Crippen molar-refractivity contribution < 1.29 is 14.6 Å². The van der Waals surface area contributed by atoms with E-state index >= 15 is 0 Å². The number of rotatable bonds is 4. The molecule has 0 spiro atoms. The molecule has 1 aliphatic heterocycles. The van der Waals surface area contributed by atoms with Crippen molar-refractivity contribution in [1.29, 1.82) is 0 Å². The first-order valence-electron chi connectivity index (χ1n) is 6.18. The highest BCUT2D eigenvalue weighted by Gasteiger charge is 2.30. The summed E-state index contributed by atoms with van der Waals surface area (Å²) in [6.07, 6.45) is 1.52. The third-order valence-electron chi connectivity index (χ3n) is 3.19. The summed E-state index contributed by atoms with van der Waals surface area (Å²) in [6.45, 7) is 5.27. The van der Waals surface area contributed by atoms with Crippen molar-refractivity contribution in [3.05, 3.63) is 15.9 Å². The fourth-order valence-electron chi connectivity index (χ4n) is 2.01. The second-order valence-corrected chi connectivity index (χ2v) is 5.58. The highest BCUT2D eigenvalue weighted by Crippen LogP contribution is 2.31. The normalized spacial score (nSPS) is 20.9. The smallest absolute Gasteiger partial charge is 0.165 e. The van der Waals surface area contributed by atoms with E-state index in [1.54, 1.807) is 0 Å². The van der Waals surface area contributed by atoms with Crippen molar-refractivity contribution in [2.45, 2.75) is 45.0 Å². The Morgan fingerprint density at radius 2 is 2.17 bits per heavy atom. The number of nitrogens with one attached hydrogen (secondary N) is 1. The molecule has 1 fully saturated rings. The molecule has 0 aromatic carbocycles. The summed E-state index contributed by atoms with van der Waals surface area (Å²) in [5, 5.41) is 17.1. The average molecular weight is 319 g/mol. The zero-order chi connectivity index (χ0) is 13.2. The van der Waals surface area contributed by atoms with Crippen LogP contribution in [0.15, 0.2) is 4.47 Å². The topological polar surface area (TPSA) is 67.4 Å². The molecule has 1 aliphatic rings. The molecule has 18 heavy (non-hydrogen) atoms. The number of aliphatic hydroxyl groups is 1. The van der Waals surface area contributed by atoms with Gasteiger partial charge in [-0.1, -0.05) is 0 Å². The molecule has 2 heterocycles. The summed E-state index contributed by atoms with van der Waals surface area (Å²) < 4.78 is 12.1. The fraction of sp³-hybridized carbons (Fsp3) is 0.750. The summed E-state index contributed by atoms with van der Waals surface area (Å²) in [5.74, 6) is -0.572. The molecule has 102 valence electrons. The monoisotopic (exact) mass is 318 g/mol. The number of aliphatic hydroxyl groups excluding tert-OH is 1. The van der Waals surface area contributed by atoms with Crippen LogP contribution in [0.25, 0.3) is 0 Å². The van der Waals surface area contributed by atoms with Gasteiger partial charge in [-0.15, -0.1) is 0 Å². The van der Waals surface area contributed by atoms with Gasteiger partial charge in [0.1, 0.15) is 5.69 Å². The maximum absolute atomic E-state index is 10.1. The number of ether oxygens (including phenoxy) is 2. The van der Waals surface area contributed by atoms with E-state index in [1.165, 1.54) is 0 Å². The maximum Gasteiger partial charge on any atom is 0.165 e. The van der Waals surface area contributed by atoms with Gasteiger partial charge in [0, 0.05) is 12.1 Å². The molecular formula is C12H19BrN2O3. The van der Waals surface area contributed by atoms with E-state index in [-0.39, 0.29) is 0 Å². The van der Waals surface area contributed by atoms with Gasteiger partial charge >= 0.3 is 0 Å². The molecule has 6 heteroatoms. The van der Waals surface area contributed by atoms with Gasteiger partial charge in [0.25, 0.3) is 0 Å². The molecule has 0 unspecified atom stereocenters. The minimum Gasteiger partial charge on any atom is -0.387 e. The second-order valence-electron chi connectivity index (χ2n) is 4.79. The summed E-state index contributed by atoms with van der Waals surface area (Å²) in [4.78, 5) is 0. The van der Waals surface area contributed by atoms with Gasteiger partial charge in [-0.2, -0.15) is 5.10 Å². The van der Waals surface area contributed by atoms with Crippen LogP contribution >= 0.6 is 15.9 Å². The van der Waals surface area contributed by atoms with E-state index in [0.29, 0.717) is 18.5 Å². The molecule has 0 bridgehead atoms. The number of aromatic nitrogens is 2. The zero-order valence-electron chi connectivity index (χ0n) is 10.7. The lowest BCUT2D eigenvalue weighted by Crippen LogP contribution is -2.37. The van der Waals surface area contributed by atoms with Crippen LogP contribution in [0.1, 0.15) is 43.7 Å². The van der Waals surface area contributed by atoms with Crippen molar-refractivity contribution in [3.63, 3.8) is 0 Å². The minimum atomic E-state index is -0.615. The van der Waals surface area contributed by atoms with Crippen molar-refractivity contribution in [2.24, 2.45) is 0 Å². The van der Waals surface area contributed by atoms with E-state index in [1.807, 2.05) is 13.8 Å². The van der Waals surface area contributed by atoms with E-state index < -0.39 is 11.9 Å². The Morgan fingerprint density at radius 1 is 1.50 bits per heavy atom. The van der Waals surface area contributed by atoms with Gasteiger partial charge in [0.05, 0.1) is 23.8 Å². The van der Waals surface area contributed by atoms with Crippen LogP contribution in [-0.2, 0) is 9.47 Å². The molecule has 2 N–H and O–H groups in total. The standard InChI is InChI=1S/C12H19BrN2O3/c1-8-10(13)11(15-14-8)9(16)4-5-12(2)17-6-3-7-18-12/h9,16H,3-7H2,1-2H3,(H,14,15)/t9-/m1/s1. The Morgan fingerprint density at radius 3 is 2.72 bits per heavy atom. The number of aryl methyl sites for hydroxylation is 1. The quantitative estimate of drug-likeness (QED) is 0.894. The number of hydrogen-bond acceptors (Lipinski definition) is 4. The Labute approximate surface area is 115 Å². The molecule has 1 aromatic heterocycles.